The van der Waals surface area contributed by atoms with Gasteiger partial charge in [0.1, 0.15) is 0 Å². The quantitative estimate of drug-likeness (QED) is 0.703. The molecule has 0 amide bonds. The zero-order valence-electron chi connectivity index (χ0n) is 9.50. The van der Waals surface area contributed by atoms with Crippen LogP contribution in [0.3, 0.4) is 0 Å². The van der Waals surface area contributed by atoms with Crippen molar-refractivity contribution in [3.63, 3.8) is 0 Å². The Labute approximate surface area is 92.2 Å². The van der Waals surface area contributed by atoms with Crippen molar-refractivity contribution in [1.29, 1.82) is 0 Å². The lowest BCUT2D eigenvalue weighted by Crippen LogP contribution is -2.76. The summed E-state index contributed by atoms with van der Waals surface area (Å²) in [6.07, 6.45) is 9.03. The Morgan fingerprint density at radius 2 is 1.73 bits per heavy atom. The summed E-state index contributed by atoms with van der Waals surface area (Å²) in [7, 11) is 0. The molecule has 0 aliphatic heterocycles. The molecule has 80 valence electrons. The van der Waals surface area contributed by atoms with Gasteiger partial charge in [-0.1, -0.05) is 24.1 Å². The number of hydrogen-bond acceptors (Lipinski definition) is 0. The lowest BCUT2D eigenvalue weighted by Gasteiger charge is -2.12. The van der Waals surface area contributed by atoms with Crippen LogP contribution in [0.15, 0.2) is 24.3 Å². The highest BCUT2D eigenvalue weighted by Crippen LogP contribution is 2.14. The molecule has 0 atom stereocenters. The molecule has 1 aliphatic carbocycles. The molecule has 0 unspecified atom stereocenters. The minimum atomic E-state index is 0.708. The lowest BCUT2D eigenvalue weighted by atomic mass is 9.96. The van der Waals surface area contributed by atoms with E-state index in [4.69, 9.17) is 0 Å². The van der Waals surface area contributed by atoms with E-state index in [9.17, 15) is 0 Å². The molecule has 1 heteroatoms. The van der Waals surface area contributed by atoms with Crippen molar-refractivity contribution >= 4 is 6.21 Å². The molecule has 1 nitrogen and oxygen atoms in total. The van der Waals surface area contributed by atoms with Crippen LogP contribution in [0.25, 0.3) is 0 Å². The fraction of sp³-hybridized carbons (Fsp3) is 0.500. The van der Waals surface area contributed by atoms with Gasteiger partial charge in [0.25, 0.3) is 0 Å². The van der Waals surface area contributed by atoms with E-state index in [1.807, 2.05) is 0 Å². The molecule has 1 aromatic carbocycles. The monoisotopic (exact) mass is 202 g/mol. The van der Waals surface area contributed by atoms with Gasteiger partial charge in [0.05, 0.1) is 0 Å². The Balaban J connectivity index is 1.95. The standard InChI is InChI=1S/C14H19N/c1-12-7-9-13(10-8-12)11-15-14-5-3-2-4-6-14/h7-11,14H,2-6H2,1H3/p+1. The summed E-state index contributed by atoms with van der Waals surface area (Å²) in [5.41, 5.74) is 2.61. The van der Waals surface area contributed by atoms with Crippen LogP contribution in [-0.4, -0.2) is 12.3 Å². The van der Waals surface area contributed by atoms with Gasteiger partial charge in [-0.3, -0.25) is 0 Å². The molecule has 1 aliphatic rings. The van der Waals surface area contributed by atoms with Gasteiger partial charge in [0.15, 0.2) is 12.3 Å². The first-order chi connectivity index (χ1) is 7.34. The molecule has 1 fully saturated rings. The summed E-state index contributed by atoms with van der Waals surface area (Å²) in [6.45, 7) is 2.12. The van der Waals surface area contributed by atoms with E-state index in [1.165, 1.54) is 43.2 Å². The molecule has 1 aromatic rings. The summed E-state index contributed by atoms with van der Waals surface area (Å²) in [6, 6.07) is 9.37. The van der Waals surface area contributed by atoms with E-state index in [0.717, 1.165) is 0 Å². The number of nitrogens with one attached hydrogen (secondary N) is 1. The smallest absolute Gasteiger partial charge is 0.169 e. The molecule has 0 radical (unpaired) electrons. The fourth-order valence-corrected chi connectivity index (χ4v) is 2.15. The van der Waals surface area contributed by atoms with Gasteiger partial charge >= 0.3 is 0 Å². The highest BCUT2D eigenvalue weighted by atomic mass is 14.8. The van der Waals surface area contributed by atoms with Crippen LogP contribution in [0, 0.1) is 6.92 Å². The summed E-state index contributed by atoms with van der Waals surface area (Å²) in [4.78, 5) is 3.53. The topological polar surface area (TPSA) is 14.0 Å². The number of rotatable bonds is 2. The Hall–Kier alpha value is -1.11. The van der Waals surface area contributed by atoms with Gasteiger partial charge in [-0.25, -0.2) is 4.99 Å². The first-order valence-electron chi connectivity index (χ1n) is 6.00. The average Bonchev–Trinajstić information content (AvgIpc) is 2.30. The first-order valence-corrected chi connectivity index (χ1v) is 6.00. The third kappa shape index (κ3) is 3.19. The number of aryl methyl sites for hydroxylation is 1. The third-order valence-electron chi connectivity index (χ3n) is 3.17. The predicted molar refractivity (Wildman–Crippen MR) is 64.2 cm³/mol. The zero-order chi connectivity index (χ0) is 10.5. The maximum Gasteiger partial charge on any atom is 0.169 e. The van der Waals surface area contributed by atoms with E-state index < -0.39 is 0 Å². The number of benzene rings is 1. The lowest BCUT2D eigenvalue weighted by molar-refractivity contribution is -0.502. The molecule has 0 bridgehead atoms. The molecule has 15 heavy (non-hydrogen) atoms. The maximum atomic E-state index is 3.53. The predicted octanol–water partition coefficient (Wildman–Crippen LogP) is 1.83. The van der Waals surface area contributed by atoms with Crippen molar-refractivity contribution in [2.45, 2.75) is 45.1 Å². The van der Waals surface area contributed by atoms with Crippen molar-refractivity contribution < 1.29 is 4.99 Å². The van der Waals surface area contributed by atoms with Gasteiger partial charge in [-0.15, -0.1) is 0 Å². The summed E-state index contributed by atoms with van der Waals surface area (Å²) in [5, 5.41) is 0. The van der Waals surface area contributed by atoms with E-state index in [0.29, 0.717) is 6.04 Å². The van der Waals surface area contributed by atoms with Gasteiger partial charge < -0.3 is 0 Å². The van der Waals surface area contributed by atoms with Crippen LogP contribution in [0.2, 0.25) is 0 Å². The van der Waals surface area contributed by atoms with Crippen LogP contribution < -0.4 is 4.99 Å². The summed E-state index contributed by atoms with van der Waals surface area (Å²) < 4.78 is 0. The van der Waals surface area contributed by atoms with Gasteiger partial charge in [0.2, 0.25) is 0 Å². The first kappa shape index (κ1) is 10.4. The Kier molecular flexibility index (Phi) is 3.54. The molecular weight excluding hydrogens is 182 g/mol. The van der Waals surface area contributed by atoms with Gasteiger partial charge in [-0.2, -0.15) is 0 Å². The van der Waals surface area contributed by atoms with Crippen LogP contribution in [0.1, 0.15) is 43.2 Å². The molecule has 0 saturated heterocycles. The van der Waals surface area contributed by atoms with E-state index in [2.05, 4.69) is 42.4 Å². The minimum Gasteiger partial charge on any atom is -0.245 e. The zero-order valence-corrected chi connectivity index (χ0v) is 9.50. The van der Waals surface area contributed by atoms with E-state index in [-0.39, 0.29) is 0 Å². The molecule has 0 spiro atoms. The molecule has 0 aromatic heterocycles. The number of hydrogen-bond donors (Lipinski definition) is 1. The van der Waals surface area contributed by atoms with Crippen LogP contribution in [0.4, 0.5) is 0 Å². The van der Waals surface area contributed by atoms with Crippen molar-refractivity contribution in [1.82, 2.24) is 0 Å². The molecular formula is C14H20N+. The van der Waals surface area contributed by atoms with Crippen LogP contribution >= 0.6 is 0 Å². The highest BCUT2D eigenvalue weighted by molar-refractivity contribution is 5.74. The average molecular weight is 202 g/mol. The molecule has 2 rings (SSSR count). The third-order valence-corrected chi connectivity index (χ3v) is 3.17. The molecule has 1 N–H and O–H groups in total. The highest BCUT2D eigenvalue weighted by Gasteiger charge is 2.15. The minimum absolute atomic E-state index is 0.708. The second kappa shape index (κ2) is 5.11. The Bertz CT molecular complexity index is 318. The largest absolute Gasteiger partial charge is 0.245 e. The van der Waals surface area contributed by atoms with E-state index >= 15 is 0 Å². The Morgan fingerprint density at radius 1 is 1.07 bits per heavy atom. The van der Waals surface area contributed by atoms with Gasteiger partial charge in [0, 0.05) is 18.4 Å². The van der Waals surface area contributed by atoms with Crippen LogP contribution in [0.5, 0.6) is 0 Å². The SMILES string of the molecule is Cc1ccc(C=[NH+]C2CCCCC2)cc1. The van der Waals surface area contributed by atoms with Crippen molar-refractivity contribution in [2.75, 3.05) is 0 Å². The maximum absolute atomic E-state index is 3.53. The second-order valence-electron chi connectivity index (χ2n) is 4.56. The van der Waals surface area contributed by atoms with Crippen molar-refractivity contribution in [2.24, 2.45) is 0 Å². The second-order valence-corrected chi connectivity index (χ2v) is 4.56. The van der Waals surface area contributed by atoms with Crippen molar-refractivity contribution in [3.8, 4) is 0 Å². The summed E-state index contributed by atoms with van der Waals surface area (Å²) in [5.74, 6) is 0. The summed E-state index contributed by atoms with van der Waals surface area (Å²) >= 11 is 0. The fourth-order valence-electron chi connectivity index (χ4n) is 2.15. The van der Waals surface area contributed by atoms with Crippen LogP contribution in [-0.2, 0) is 0 Å². The van der Waals surface area contributed by atoms with E-state index in [1.54, 1.807) is 0 Å². The normalized spacial score (nSPS) is 18.5. The van der Waals surface area contributed by atoms with Crippen molar-refractivity contribution in [3.05, 3.63) is 35.4 Å². The Morgan fingerprint density at radius 3 is 2.40 bits per heavy atom. The molecule has 1 saturated carbocycles. The van der Waals surface area contributed by atoms with Gasteiger partial charge in [-0.05, 0) is 31.9 Å². The molecule has 0 heterocycles.